The highest BCUT2D eigenvalue weighted by Crippen LogP contribution is 2.40. The number of carbonyl (C=O) groups excluding carboxylic acids is 1. The molecule has 5 rings (SSSR count). The Hall–Kier alpha value is -3.27. The number of ether oxygens (including phenoxy) is 1. The van der Waals surface area contributed by atoms with Gasteiger partial charge in [0, 0.05) is 24.5 Å². The van der Waals surface area contributed by atoms with Crippen molar-refractivity contribution in [3.8, 4) is 11.4 Å². The molecule has 1 saturated carbocycles. The molecular weight excluding hydrogens is 435 g/mol. The van der Waals surface area contributed by atoms with Crippen LogP contribution in [0.1, 0.15) is 42.9 Å². The lowest BCUT2D eigenvalue weighted by Crippen LogP contribution is -2.45. The first-order valence-electron chi connectivity index (χ1n) is 10.8. The number of rotatable bonds is 5. The number of aromatic nitrogens is 4. The van der Waals surface area contributed by atoms with Gasteiger partial charge in [0.25, 0.3) is 0 Å². The SMILES string of the molecule is O=C(Nc1cccc(-c2nnnn2C2CC2)c1)C1(c2cccc(C(F)(F)F)c2)CCOCC1. The fraction of sp³-hybridized carbons (Fsp3) is 0.391. The molecule has 1 aromatic heterocycles. The summed E-state index contributed by atoms with van der Waals surface area (Å²) in [6.07, 6.45) is -1.86. The molecule has 3 aromatic rings. The minimum Gasteiger partial charge on any atom is -0.381 e. The zero-order valence-corrected chi connectivity index (χ0v) is 17.7. The van der Waals surface area contributed by atoms with Gasteiger partial charge < -0.3 is 10.1 Å². The molecule has 10 heteroatoms. The van der Waals surface area contributed by atoms with Gasteiger partial charge in [-0.25, -0.2) is 4.68 Å². The third kappa shape index (κ3) is 4.22. The number of nitrogens with zero attached hydrogens (tertiary/aromatic N) is 4. The molecule has 2 aliphatic rings. The van der Waals surface area contributed by atoms with Crippen LogP contribution >= 0.6 is 0 Å². The van der Waals surface area contributed by atoms with Crippen LogP contribution < -0.4 is 5.32 Å². The van der Waals surface area contributed by atoms with Gasteiger partial charge >= 0.3 is 6.18 Å². The fourth-order valence-electron chi connectivity index (χ4n) is 4.30. The van der Waals surface area contributed by atoms with Crippen molar-refractivity contribution in [2.45, 2.75) is 43.3 Å². The van der Waals surface area contributed by atoms with E-state index in [4.69, 9.17) is 4.74 Å². The molecule has 1 amide bonds. The number of tetrazole rings is 1. The summed E-state index contributed by atoms with van der Waals surface area (Å²) < 4.78 is 47.2. The van der Waals surface area contributed by atoms with Crippen molar-refractivity contribution in [1.82, 2.24) is 20.2 Å². The van der Waals surface area contributed by atoms with E-state index in [1.54, 1.807) is 28.9 Å². The van der Waals surface area contributed by atoms with Gasteiger partial charge in [-0.1, -0.05) is 30.3 Å². The molecule has 2 heterocycles. The Morgan fingerprint density at radius 2 is 1.85 bits per heavy atom. The number of halogens is 3. The lowest BCUT2D eigenvalue weighted by Gasteiger charge is -2.36. The molecule has 0 spiro atoms. The molecule has 1 saturated heterocycles. The van der Waals surface area contributed by atoms with Crippen molar-refractivity contribution in [1.29, 1.82) is 0 Å². The van der Waals surface area contributed by atoms with Gasteiger partial charge in [-0.2, -0.15) is 13.2 Å². The highest BCUT2D eigenvalue weighted by molar-refractivity contribution is 5.99. The van der Waals surface area contributed by atoms with E-state index in [0.29, 0.717) is 49.2 Å². The summed E-state index contributed by atoms with van der Waals surface area (Å²) in [7, 11) is 0. The van der Waals surface area contributed by atoms with Crippen LogP contribution in [0.3, 0.4) is 0 Å². The number of benzene rings is 2. The summed E-state index contributed by atoms with van der Waals surface area (Å²) in [6, 6.07) is 12.5. The standard InChI is InChI=1S/C23H22F3N5O2/c24-23(25,26)17-5-2-4-16(14-17)22(9-11-33-12-10-22)21(32)27-18-6-1-3-15(13-18)20-28-29-30-31(20)19-7-8-19/h1-6,13-14,19H,7-12H2,(H,27,32). The molecule has 2 fully saturated rings. The zero-order chi connectivity index (χ0) is 23.1. The summed E-state index contributed by atoms with van der Waals surface area (Å²) in [5.41, 5.74) is -0.268. The van der Waals surface area contributed by atoms with E-state index >= 15 is 0 Å². The van der Waals surface area contributed by atoms with E-state index in [1.165, 1.54) is 6.07 Å². The van der Waals surface area contributed by atoms with Crippen molar-refractivity contribution in [2.24, 2.45) is 0 Å². The van der Waals surface area contributed by atoms with Crippen LogP contribution in [0.4, 0.5) is 18.9 Å². The lowest BCUT2D eigenvalue weighted by molar-refractivity contribution is -0.138. The monoisotopic (exact) mass is 457 g/mol. The van der Waals surface area contributed by atoms with Crippen LogP contribution in [0.5, 0.6) is 0 Å². The fourth-order valence-corrected chi connectivity index (χ4v) is 4.30. The maximum atomic E-state index is 13.5. The van der Waals surface area contributed by atoms with E-state index in [9.17, 15) is 18.0 Å². The molecule has 1 aliphatic heterocycles. The first-order valence-corrected chi connectivity index (χ1v) is 10.8. The quantitative estimate of drug-likeness (QED) is 0.615. The molecule has 7 nitrogen and oxygen atoms in total. The topological polar surface area (TPSA) is 81.9 Å². The number of amides is 1. The average molecular weight is 457 g/mol. The first kappa shape index (κ1) is 21.6. The largest absolute Gasteiger partial charge is 0.416 e. The Labute approximate surface area is 187 Å². The summed E-state index contributed by atoms with van der Waals surface area (Å²) in [6.45, 7) is 0.583. The number of hydrogen-bond acceptors (Lipinski definition) is 5. The average Bonchev–Trinajstić information content (AvgIpc) is 3.55. The molecule has 0 unspecified atom stereocenters. The third-order valence-corrected chi connectivity index (χ3v) is 6.29. The number of anilines is 1. The van der Waals surface area contributed by atoms with Crippen molar-refractivity contribution in [3.05, 3.63) is 59.7 Å². The minimum absolute atomic E-state index is 0.291. The van der Waals surface area contributed by atoms with Crippen LogP contribution in [0.25, 0.3) is 11.4 Å². The molecule has 0 bridgehead atoms. The van der Waals surface area contributed by atoms with Gasteiger partial charge in [0.05, 0.1) is 17.0 Å². The van der Waals surface area contributed by atoms with Crippen LogP contribution in [0.15, 0.2) is 48.5 Å². The van der Waals surface area contributed by atoms with Gasteiger partial charge in [-0.15, -0.1) is 5.10 Å². The second kappa shape index (κ2) is 8.26. The molecule has 2 aromatic carbocycles. The van der Waals surface area contributed by atoms with Crippen LogP contribution in [-0.4, -0.2) is 39.3 Å². The normalized spacial score (nSPS) is 18.2. The van der Waals surface area contributed by atoms with Gasteiger partial charge in [0.15, 0.2) is 5.82 Å². The Balaban J connectivity index is 1.45. The molecule has 0 radical (unpaired) electrons. The van der Waals surface area contributed by atoms with Crippen molar-refractivity contribution < 1.29 is 22.7 Å². The predicted molar refractivity (Wildman–Crippen MR) is 113 cm³/mol. The lowest BCUT2D eigenvalue weighted by atomic mass is 9.73. The molecule has 0 atom stereocenters. The smallest absolute Gasteiger partial charge is 0.381 e. The number of hydrogen-bond donors (Lipinski definition) is 1. The summed E-state index contributed by atoms with van der Waals surface area (Å²) in [5.74, 6) is 0.260. The summed E-state index contributed by atoms with van der Waals surface area (Å²) >= 11 is 0. The Kier molecular flexibility index (Phi) is 5.40. The third-order valence-electron chi connectivity index (χ3n) is 6.29. The first-order chi connectivity index (χ1) is 15.9. The van der Waals surface area contributed by atoms with E-state index in [1.807, 2.05) is 6.07 Å². The van der Waals surface area contributed by atoms with E-state index in [-0.39, 0.29) is 5.91 Å². The van der Waals surface area contributed by atoms with Crippen LogP contribution in [-0.2, 0) is 21.1 Å². The maximum Gasteiger partial charge on any atom is 0.416 e. The van der Waals surface area contributed by atoms with Crippen LogP contribution in [0, 0.1) is 0 Å². The molecule has 33 heavy (non-hydrogen) atoms. The van der Waals surface area contributed by atoms with Crippen molar-refractivity contribution in [3.63, 3.8) is 0 Å². The van der Waals surface area contributed by atoms with Crippen LogP contribution in [0.2, 0.25) is 0 Å². The van der Waals surface area contributed by atoms with Gasteiger partial charge in [0.2, 0.25) is 5.91 Å². The van der Waals surface area contributed by atoms with Crippen molar-refractivity contribution >= 4 is 11.6 Å². The number of alkyl halides is 3. The molecular formula is C23H22F3N5O2. The van der Waals surface area contributed by atoms with Crippen molar-refractivity contribution in [2.75, 3.05) is 18.5 Å². The number of nitrogens with one attached hydrogen (secondary N) is 1. The Morgan fingerprint density at radius 1 is 1.09 bits per heavy atom. The molecule has 172 valence electrons. The zero-order valence-electron chi connectivity index (χ0n) is 17.7. The second-order valence-corrected chi connectivity index (χ2v) is 8.49. The van der Waals surface area contributed by atoms with Gasteiger partial charge in [0.1, 0.15) is 0 Å². The summed E-state index contributed by atoms with van der Waals surface area (Å²) in [5, 5.41) is 14.9. The maximum absolute atomic E-state index is 13.5. The Bertz CT molecular complexity index is 1170. The number of carbonyl (C=O) groups is 1. The van der Waals surface area contributed by atoms with E-state index in [2.05, 4.69) is 20.8 Å². The molecule has 1 aliphatic carbocycles. The summed E-state index contributed by atoms with van der Waals surface area (Å²) in [4.78, 5) is 13.5. The highest BCUT2D eigenvalue weighted by atomic mass is 19.4. The minimum atomic E-state index is -4.49. The van der Waals surface area contributed by atoms with Gasteiger partial charge in [-0.3, -0.25) is 4.79 Å². The predicted octanol–water partition coefficient (Wildman–Crippen LogP) is 4.38. The Morgan fingerprint density at radius 3 is 2.58 bits per heavy atom. The molecule has 1 N–H and O–H groups in total. The highest BCUT2D eigenvalue weighted by Gasteiger charge is 2.43. The van der Waals surface area contributed by atoms with Gasteiger partial charge in [-0.05, 0) is 59.9 Å². The van der Waals surface area contributed by atoms with E-state index in [0.717, 1.165) is 30.5 Å². The van der Waals surface area contributed by atoms with E-state index < -0.39 is 17.2 Å². The second-order valence-electron chi connectivity index (χ2n) is 8.49.